The first-order valence-corrected chi connectivity index (χ1v) is 9.22. The molecule has 0 fully saturated rings. The largest absolute Gasteiger partial charge is 0.457 e. The number of aromatic nitrogens is 3. The standard InChI is InChI=1S/C23H18N6O/c1-15-3-2-4-16(11-15)21-13-22(29-23(25)28-21)27-17-5-7-19(8-6-17)30-20-9-10-26-18(12-20)14-24/h2-13H,1H3,(H3,25,27,28,29). The van der Waals surface area contributed by atoms with Gasteiger partial charge in [-0.05, 0) is 43.3 Å². The van der Waals surface area contributed by atoms with E-state index in [4.69, 9.17) is 15.7 Å². The minimum absolute atomic E-state index is 0.197. The lowest BCUT2D eigenvalue weighted by Crippen LogP contribution is -2.01. The summed E-state index contributed by atoms with van der Waals surface area (Å²) in [5, 5.41) is 12.2. The summed E-state index contributed by atoms with van der Waals surface area (Å²) in [4.78, 5) is 12.5. The Labute approximate surface area is 173 Å². The van der Waals surface area contributed by atoms with Crippen molar-refractivity contribution in [1.82, 2.24) is 15.0 Å². The fourth-order valence-corrected chi connectivity index (χ4v) is 2.91. The maximum absolute atomic E-state index is 8.93. The molecule has 0 spiro atoms. The Hall–Kier alpha value is -4.44. The van der Waals surface area contributed by atoms with Gasteiger partial charge in [-0.2, -0.15) is 10.2 Å². The van der Waals surface area contributed by atoms with Crippen LogP contribution in [0.25, 0.3) is 11.3 Å². The number of rotatable bonds is 5. The molecule has 2 heterocycles. The first-order chi connectivity index (χ1) is 14.6. The second-order valence-corrected chi connectivity index (χ2v) is 6.61. The average molecular weight is 394 g/mol. The van der Waals surface area contributed by atoms with E-state index < -0.39 is 0 Å². The summed E-state index contributed by atoms with van der Waals surface area (Å²) in [6.45, 7) is 2.03. The molecule has 7 nitrogen and oxygen atoms in total. The van der Waals surface area contributed by atoms with E-state index in [1.54, 1.807) is 12.1 Å². The summed E-state index contributed by atoms with van der Waals surface area (Å²) in [6, 6.07) is 22.6. The van der Waals surface area contributed by atoms with Crippen molar-refractivity contribution >= 4 is 17.5 Å². The molecule has 0 saturated heterocycles. The van der Waals surface area contributed by atoms with Gasteiger partial charge in [-0.1, -0.05) is 23.8 Å². The molecule has 2 aromatic carbocycles. The molecule has 0 atom stereocenters. The molecule has 0 unspecified atom stereocenters. The number of hydrogen-bond acceptors (Lipinski definition) is 7. The highest BCUT2D eigenvalue weighted by Gasteiger charge is 2.07. The van der Waals surface area contributed by atoms with Crippen molar-refractivity contribution in [2.45, 2.75) is 6.92 Å². The van der Waals surface area contributed by atoms with Crippen LogP contribution >= 0.6 is 0 Å². The Kier molecular flexibility index (Phi) is 5.22. The predicted molar refractivity (Wildman–Crippen MR) is 115 cm³/mol. The number of nitrogen functional groups attached to an aromatic ring is 1. The summed E-state index contributed by atoms with van der Waals surface area (Å²) >= 11 is 0. The van der Waals surface area contributed by atoms with Crippen LogP contribution in [0.4, 0.5) is 17.5 Å². The predicted octanol–water partition coefficient (Wildman–Crippen LogP) is 4.84. The van der Waals surface area contributed by atoms with E-state index in [-0.39, 0.29) is 5.95 Å². The van der Waals surface area contributed by atoms with Gasteiger partial charge in [0.15, 0.2) is 0 Å². The van der Waals surface area contributed by atoms with Gasteiger partial charge >= 0.3 is 0 Å². The van der Waals surface area contributed by atoms with Crippen molar-refractivity contribution in [1.29, 1.82) is 5.26 Å². The van der Waals surface area contributed by atoms with Crippen molar-refractivity contribution in [2.24, 2.45) is 0 Å². The van der Waals surface area contributed by atoms with Crippen molar-refractivity contribution in [3.05, 3.63) is 84.2 Å². The van der Waals surface area contributed by atoms with Crippen LogP contribution in [0.1, 0.15) is 11.3 Å². The Balaban J connectivity index is 1.51. The maximum Gasteiger partial charge on any atom is 0.222 e. The fraction of sp³-hybridized carbons (Fsp3) is 0.0435. The number of nitrogens with zero attached hydrogens (tertiary/aromatic N) is 4. The van der Waals surface area contributed by atoms with Crippen molar-refractivity contribution in [2.75, 3.05) is 11.1 Å². The van der Waals surface area contributed by atoms with E-state index >= 15 is 0 Å². The van der Waals surface area contributed by atoms with E-state index in [9.17, 15) is 0 Å². The van der Waals surface area contributed by atoms with Crippen LogP contribution in [-0.2, 0) is 0 Å². The number of nitriles is 1. The lowest BCUT2D eigenvalue weighted by Gasteiger charge is -2.10. The summed E-state index contributed by atoms with van der Waals surface area (Å²) in [7, 11) is 0. The van der Waals surface area contributed by atoms with Crippen molar-refractivity contribution in [3.63, 3.8) is 0 Å². The highest BCUT2D eigenvalue weighted by Crippen LogP contribution is 2.26. The average Bonchev–Trinajstić information content (AvgIpc) is 2.75. The Morgan fingerprint density at radius 1 is 0.967 bits per heavy atom. The van der Waals surface area contributed by atoms with Gasteiger partial charge in [-0.15, -0.1) is 0 Å². The third-order valence-electron chi connectivity index (χ3n) is 4.27. The Bertz CT molecular complexity index is 1230. The summed E-state index contributed by atoms with van der Waals surface area (Å²) in [6.07, 6.45) is 1.54. The molecule has 7 heteroatoms. The molecule has 0 aliphatic rings. The molecule has 0 aliphatic carbocycles. The van der Waals surface area contributed by atoms with E-state index in [1.165, 1.54) is 6.20 Å². The van der Waals surface area contributed by atoms with Gasteiger partial charge in [0.25, 0.3) is 0 Å². The van der Waals surface area contributed by atoms with Crippen LogP contribution in [0.2, 0.25) is 0 Å². The van der Waals surface area contributed by atoms with Gasteiger partial charge in [-0.25, -0.2) is 9.97 Å². The first-order valence-electron chi connectivity index (χ1n) is 9.22. The van der Waals surface area contributed by atoms with Crippen LogP contribution in [0, 0.1) is 18.3 Å². The van der Waals surface area contributed by atoms with Crippen LogP contribution in [0.3, 0.4) is 0 Å². The highest BCUT2D eigenvalue weighted by atomic mass is 16.5. The van der Waals surface area contributed by atoms with Crippen LogP contribution in [0.5, 0.6) is 11.5 Å². The molecule has 4 rings (SSSR count). The zero-order valence-electron chi connectivity index (χ0n) is 16.2. The monoisotopic (exact) mass is 394 g/mol. The number of anilines is 3. The van der Waals surface area contributed by atoms with E-state index in [1.807, 2.05) is 61.5 Å². The molecule has 0 radical (unpaired) electrons. The van der Waals surface area contributed by atoms with Gasteiger partial charge in [0, 0.05) is 29.6 Å². The molecule has 4 aromatic rings. The molecule has 0 aliphatic heterocycles. The van der Waals surface area contributed by atoms with Crippen molar-refractivity contribution < 1.29 is 4.74 Å². The summed E-state index contributed by atoms with van der Waals surface area (Å²) in [5.41, 5.74) is 9.91. The molecular formula is C23H18N6O. The van der Waals surface area contributed by atoms with Crippen molar-refractivity contribution in [3.8, 4) is 28.8 Å². The van der Waals surface area contributed by atoms with Crippen LogP contribution < -0.4 is 15.8 Å². The summed E-state index contributed by atoms with van der Waals surface area (Å²) in [5.74, 6) is 1.98. The Morgan fingerprint density at radius 2 is 1.80 bits per heavy atom. The summed E-state index contributed by atoms with van der Waals surface area (Å²) < 4.78 is 5.77. The molecule has 30 heavy (non-hydrogen) atoms. The number of pyridine rings is 1. The molecular weight excluding hydrogens is 376 g/mol. The number of nitrogens with two attached hydrogens (primary N) is 1. The maximum atomic E-state index is 8.93. The number of benzene rings is 2. The number of nitrogens with one attached hydrogen (secondary N) is 1. The van der Waals surface area contributed by atoms with E-state index in [0.717, 1.165) is 22.5 Å². The molecule has 0 bridgehead atoms. The van der Waals surface area contributed by atoms with Gasteiger partial charge in [0.05, 0.1) is 5.69 Å². The van der Waals surface area contributed by atoms with E-state index in [2.05, 4.69) is 26.3 Å². The van der Waals surface area contributed by atoms with Gasteiger partial charge in [0.2, 0.25) is 5.95 Å². The smallest absolute Gasteiger partial charge is 0.222 e. The topological polar surface area (TPSA) is 110 Å². The number of ether oxygens (including phenoxy) is 1. The number of aryl methyl sites for hydroxylation is 1. The molecule has 3 N–H and O–H groups in total. The normalized spacial score (nSPS) is 10.3. The minimum atomic E-state index is 0.197. The first kappa shape index (κ1) is 18.9. The van der Waals surface area contributed by atoms with E-state index in [0.29, 0.717) is 23.0 Å². The quantitative estimate of drug-likeness (QED) is 0.498. The van der Waals surface area contributed by atoms with Crippen LogP contribution in [-0.4, -0.2) is 15.0 Å². The SMILES string of the molecule is Cc1cccc(-c2cc(Nc3ccc(Oc4ccnc(C#N)c4)cc3)nc(N)n2)c1. The lowest BCUT2D eigenvalue weighted by atomic mass is 10.1. The molecule has 0 amide bonds. The second-order valence-electron chi connectivity index (χ2n) is 6.61. The zero-order chi connectivity index (χ0) is 20.9. The van der Waals surface area contributed by atoms with Crippen LogP contribution in [0.15, 0.2) is 72.9 Å². The Morgan fingerprint density at radius 3 is 2.57 bits per heavy atom. The number of hydrogen-bond donors (Lipinski definition) is 2. The third-order valence-corrected chi connectivity index (χ3v) is 4.27. The minimum Gasteiger partial charge on any atom is -0.457 e. The zero-order valence-corrected chi connectivity index (χ0v) is 16.2. The highest BCUT2D eigenvalue weighted by molar-refractivity contribution is 5.67. The van der Waals surface area contributed by atoms with Gasteiger partial charge < -0.3 is 15.8 Å². The van der Waals surface area contributed by atoms with Gasteiger partial charge in [0.1, 0.15) is 29.1 Å². The lowest BCUT2D eigenvalue weighted by molar-refractivity contribution is 0.482. The molecule has 2 aromatic heterocycles. The third kappa shape index (κ3) is 4.51. The molecule has 146 valence electrons. The molecule has 0 saturated carbocycles. The van der Waals surface area contributed by atoms with Gasteiger partial charge in [-0.3, -0.25) is 0 Å². The fourth-order valence-electron chi connectivity index (χ4n) is 2.91. The second kappa shape index (κ2) is 8.29.